The summed E-state index contributed by atoms with van der Waals surface area (Å²) in [6.45, 7) is 0.784. The van der Waals surface area contributed by atoms with E-state index in [1.807, 2.05) is 4.57 Å². The molecule has 1 saturated heterocycles. The number of hydrogen-bond acceptors (Lipinski definition) is 4. The molecule has 1 atom stereocenters. The molecule has 0 bridgehead atoms. The maximum atomic E-state index is 12.9. The molecule has 1 aromatic carbocycles. The summed E-state index contributed by atoms with van der Waals surface area (Å²) in [6.07, 6.45) is 3.52. The van der Waals surface area contributed by atoms with Gasteiger partial charge in [0.15, 0.2) is 10.6 Å². The van der Waals surface area contributed by atoms with Crippen molar-refractivity contribution in [3.05, 3.63) is 44.4 Å². The summed E-state index contributed by atoms with van der Waals surface area (Å²) in [6, 6.07) is 4.55. The number of likely N-dealkylation sites (tertiary alicyclic amines) is 1. The first-order valence-corrected chi connectivity index (χ1v) is 10.3. The third-order valence-corrected chi connectivity index (χ3v) is 5.76. The molecular formula is C18H19Cl2N5O2S. The number of aromatic nitrogens is 3. The zero-order valence-corrected chi connectivity index (χ0v) is 17.3. The predicted octanol–water partition coefficient (Wildman–Crippen LogP) is 3.50. The quantitative estimate of drug-likeness (QED) is 0.698. The molecule has 2 N–H and O–H groups in total. The highest BCUT2D eigenvalue weighted by Crippen LogP contribution is 2.35. The van der Waals surface area contributed by atoms with Gasteiger partial charge in [0.25, 0.3) is 5.91 Å². The minimum atomic E-state index is -0.526. The highest BCUT2D eigenvalue weighted by Gasteiger charge is 2.35. The largest absolute Gasteiger partial charge is 0.347 e. The minimum Gasteiger partial charge on any atom is -0.347 e. The van der Waals surface area contributed by atoms with E-state index in [-0.39, 0.29) is 18.4 Å². The summed E-state index contributed by atoms with van der Waals surface area (Å²) in [5.74, 6) is 0.260. The SMILES string of the molecule is O=C(NCc1n[nH]c(=S)n1C1CC1)C1CCCN1C(=O)c1cc(Cl)cc(Cl)c1. The van der Waals surface area contributed by atoms with Crippen molar-refractivity contribution in [1.82, 2.24) is 25.0 Å². The van der Waals surface area contributed by atoms with E-state index in [1.54, 1.807) is 23.1 Å². The van der Waals surface area contributed by atoms with Crippen LogP contribution in [-0.2, 0) is 11.3 Å². The Labute approximate surface area is 177 Å². The number of carbonyl (C=O) groups is 2. The number of amides is 2. The number of nitrogens with one attached hydrogen (secondary N) is 2. The molecule has 1 aliphatic carbocycles. The molecule has 1 aromatic heterocycles. The van der Waals surface area contributed by atoms with Gasteiger partial charge in [0.05, 0.1) is 6.54 Å². The van der Waals surface area contributed by atoms with Gasteiger partial charge in [0.1, 0.15) is 6.04 Å². The maximum Gasteiger partial charge on any atom is 0.254 e. The number of aromatic amines is 1. The van der Waals surface area contributed by atoms with Crippen LogP contribution in [0, 0.1) is 4.77 Å². The van der Waals surface area contributed by atoms with E-state index in [1.165, 1.54) is 0 Å². The van der Waals surface area contributed by atoms with E-state index in [4.69, 9.17) is 35.4 Å². The Bertz CT molecular complexity index is 964. The van der Waals surface area contributed by atoms with Gasteiger partial charge in [-0.3, -0.25) is 19.3 Å². The molecule has 4 rings (SSSR count). The van der Waals surface area contributed by atoms with Gasteiger partial charge in [-0.25, -0.2) is 0 Å². The topological polar surface area (TPSA) is 83.0 Å². The Kier molecular flexibility index (Phi) is 5.44. The second-order valence-electron chi connectivity index (χ2n) is 7.08. The van der Waals surface area contributed by atoms with Crippen LogP contribution in [0.3, 0.4) is 0 Å². The molecule has 0 radical (unpaired) electrons. The van der Waals surface area contributed by atoms with Gasteiger partial charge in [-0.1, -0.05) is 23.2 Å². The van der Waals surface area contributed by atoms with E-state index >= 15 is 0 Å². The highest BCUT2D eigenvalue weighted by atomic mass is 35.5. The lowest BCUT2D eigenvalue weighted by atomic mass is 10.1. The average molecular weight is 440 g/mol. The van der Waals surface area contributed by atoms with Crippen LogP contribution in [0.25, 0.3) is 0 Å². The van der Waals surface area contributed by atoms with E-state index in [9.17, 15) is 9.59 Å². The smallest absolute Gasteiger partial charge is 0.254 e. The van der Waals surface area contributed by atoms with E-state index < -0.39 is 6.04 Å². The highest BCUT2D eigenvalue weighted by molar-refractivity contribution is 7.71. The molecule has 28 heavy (non-hydrogen) atoms. The molecule has 2 heterocycles. The minimum absolute atomic E-state index is 0.199. The molecular weight excluding hydrogens is 421 g/mol. The summed E-state index contributed by atoms with van der Waals surface area (Å²) in [7, 11) is 0. The summed E-state index contributed by atoms with van der Waals surface area (Å²) in [4.78, 5) is 27.2. The number of rotatable bonds is 5. The number of H-pyrrole nitrogens is 1. The average Bonchev–Trinajstić information content (AvgIpc) is 3.23. The zero-order valence-electron chi connectivity index (χ0n) is 15.0. The molecule has 0 spiro atoms. The Balaban J connectivity index is 1.45. The Morgan fingerprint density at radius 1 is 1.21 bits per heavy atom. The van der Waals surface area contributed by atoms with Crippen molar-refractivity contribution in [3.8, 4) is 0 Å². The van der Waals surface area contributed by atoms with Crippen LogP contribution in [0.4, 0.5) is 0 Å². The first-order chi connectivity index (χ1) is 13.4. The predicted molar refractivity (Wildman–Crippen MR) is 108 cm³/mol. The Hall–Kier alpha value is -1.90. The molecule has 1 aliphatic heterocycles. The third kappa shape index (κ3) is 3.94. The molecule has 148 valence electrons. The van der Waals surface area contributed by atoms with Crippen molar-refractivity contribution in [2.24, 2.45) is 0 Å². The van der Waals surface area contributed by atoms with Crippen molar-refractivity contribution in [2.45, 2.75) is 44.3 Å². The van der Waals surface area contributed by atoms with E-state index in [0.717, 1.165) is 19.3 Å². The molecule has 2 fully saturated rings. The van der Waals surface area contributed by atoms with E-state index in [2.05, 4.69) is 15.5 Å². The first-order valence-electron chi connectivity index (χ1n) is 9.14. The van der Waals surface area contributed by atoms with Crippen LogP contribution in [0.2, 0.25) is 10.0 Å². The van der Waals surface area contributed by atoms with Crippen LogP contribution in [0.5, 0.6) is 0 Å². The molecule has 2 amide bonds. The summed E-state index contributed by atoms with van der Waals surface area (Å²) in [5.41, 5.74) is 0.381. The van der Waals surface area contributed by atoms with Gasteiger partial charge in [-0.05, 0) is 56.1 Å². The molecule has 1 saturated carbocycles. The van der Waals surface area contributed by atoms with Crippen LogP contribution in [0.1, 0.15) is 47.9 Å². The van der Waals surface area contributed by atoms with Crippen molar-refractivity contribution < 1.29 is 9.59 Å². The van der Waals surface area contributed by atoms with Crippen molar-refractivity contribution in [1.29, 1.82) is 0 Å². The molecule has 10 heteroatoms. The second-order valence-corrected chi connectivity index (χ2v) is 8.34. The summed E-state index contributed by atoms with van der Waals surface area (Å²) >= 11 is 17.3. The number of halogens is 2. The van der Waals surface area contributed by atoms with Gasteiger partial charge in [-0.2, -0.15) is 5.10 Å². The van der Waals surface area contributed by atoms with Crippen molar-refractivity contribution in [3.63, 3.8) is 0 Å². The van der Waals surface area contributed by atoms with Crippen LogP contribution < -0.4 is 5.32 Å². The van der Waals surface area contributed by atoms with Gasteiger partial charge < -0.3 is 10.2 Å². The fourth-order valence-electron chi connectivity index (χ4n) is 3.58. The normalized spacial score (nSPS) is 19.1. The van der Waals surface area contributed by atoms with Crippen LogP contribution in [0.15, 0.2) is 18.2 Å². The molecule has 2 aliphatic rings. The van der Waals surface area contributed by atoms with Crippen LogP contribution >= 0.6 is 35.4 Å². The van der Waals surface area contributed by atoms with Crippen molar-refractivity contribution in [2.75, 3.05) is 6.54 Å². The lowest BCUT2D eigenvalue weighted by molar-refractivity contribution is -0.125. The third-order valence-electron chi connectivity index (χ3n) is 5.04. The second kappa shape index (κ2) is 7.85. The molecule has 1 unspecified atom stereocenters. The van der Waals surface area contributed by atoms with Gasteiger partial charge in [0.2, 0.25) is 5.91 Å². The lowest BCUT2D eigenvalue weighted by Crippen LogP contribution is -2.46. The lowest BCUT2D eigenvalue weighted by Gasteiger charge is -2.24. The Morgan fingerprint density at radius 2 is 1.93 bits per heavy atom. The first kappa shape index (κ1) is 19.4. The van der Waals surface area contributed by atoms with Gasteiger partial charge in [0, 0.05) is 28.2 Å². The number of nitrogens with zero attached hydrogens (tertiary/aromatic N) is 3. The van der Waals surface area contributed by atoms with E-state index in [0.29, 0.717) is 45.2 Å². The van der Waals surface area contributed by atoms with Crippen molar-refractivity contribution >= 4 is 47.2 Å². The number of benzene rings is 1. The number of hydrogen-bond donors (Lipinski definition) is 2. The fraction of sp³-hybridized carbons (Fsp3) is 0.444. The number of carbonyl (C=O) groups excluding carboxylic acids is 2. The fourth-order valence-corrected chi connectivity index (χ4v) is 4.41. The monoisotopic (exact) mass is 439 g/mol. The standard InChI is InChI=1S/C18H19Cl2N5O2S/c19-11-6-10(7-12(20)8-11)17(27)24-5-1-2-14(24)16(26)21-9-15-22-23-18(28)25(15)13-3-4-13/h6-8,13-14H,1-5,9H2,(H,21,26)(H,23,28). The molecule has 7 nitrogen and oxygen atoms in total. The van der Waals surface area contributed by atoms with Gasteiger partial charge in [-0.15, -0.1) is 0 Å². The van der Waals surface area contributed by atoms with Gasteiger partial charge >= 0.3 is 0 Å². The zero-order chi connectivity index (χ0) is 19.8. The maximum absolute atomic E-state index is 12.9. The van der Waals surface area contributed by atoms with Crippen LogP contribution in [-0.4, -0.2) is 44.1 Å². The summed E-state index contributed by atoms with van der Waals surface area (Å²) < 4.78 is 2.53. The molecule has 2 aromatic rings. The Morgan fingerprint density at radius 3 is 2.61 bits per heavy atom. The summed E-state index contributed by atoms with van der Waals surface area (Å²) in [5, 5.41) is 10.7.